The number of H-pyrrole nitrogens is 2. The monoisotopic (exact) mass is 820 g/mol. The summed E-state index contributed by atoms with van der Waals surface area (Å²) in [6, 6.07) is 15.3. The first-order valence-electron chi connectivity index (χ1n) is 20.1. The fourth-order valence-electron chi connectivity index (χ4n) is 8.96. The molecule has 2 fully saturated rings. The number of hydrogen-bond donors (Lipinski definition) is 9. The van der Waals surface area contributed by atoms with Gasteiger partial charge in [0.1, 0.15) is 0 Å². The molecule has 9 N–H and O–H groups in total. The fraction of sp³-hybridized carbons (Fsp3) is 0.432. The first-order chi connectivity index (χ1) is 27.9. The number of nitrogens with zero attached hydrogens (tertiary/aromatic N) is 1. The molecule has 0 saturated carbocycles. The van der Waals surface area contributed by atoms with Gasteiger partial charge in [0.15, 0.2) is 11.5 Å². The predicted octanol–water partition coefficient (Wildman–Crippen LogP) is 5.18. The lowest BCUT2D eigenvalue weighted by molar-refractivity contribution is -0.114. The van der Waals surface area contributed by atoms with Crippen LogP contribution >= 0.6 is 0 Å². The molecule has 318 valence electrons. The lowest BCUT2D eigenvalue weighted by Gasteiger charge is -2.46. The van der Waals surface area contributed by atoms with Gasteiger partial charge in [0.05, 0.1) is 16.7 Å². The maximum absolute atomic E-state index is 13.9. The van der Waals surface area contributed by atoms with Crippen molar-refractivity contribution in [2.24, 2.45) is 5.10 Å². The van der Waals surface area contributed by atoms with E-state index in [0.717, 1.165) is 0 Å². The van der Waals surface area contributed by atoms with Crippen molar-refractivity contribution < 1.29 is 24.0 Å². The minimum Gasteiger partial charge on any atom is -0.349 e. The largest absolute Gasteiger partial charge is 0.349 e. The van der Waals surface area contributed by atoms with Gasteiger partial charge in [0.25, 0.3) is 23.6 Å². The highest BCUT2D eigenvalue weighted by atomic mass is 16.2. The van der Waals surface area contributed by atoms with Crippen molar-refractivity contribution in [1.82, 2.24) is 31.2 Å². The standard InChI is InChI=1S/C44H56N10O6/c1-24(55)35(39(59)45-29-14-15-33-34(19-29)50-40(60)49-33)52-51-28-12-10-25(11-13-28)36(56)46-30-17-26(37(57)47-31-20-41(2,3)53-42(4,5)21-31)16-27(18-30)38(58)48-32-22-43(6,7)54-44(8,9)23-32/h10-19,31-32,51,53-54H,20-23H2,1-9H3,(H,45,59)(H,46,56)(H,47,57)(H,48,58)(H2,49,50,60)/b52-35-. The Hall–Kier alpha value is -6.13. The molecule has 2 aliphatic heterocycles. The molecule has 0 radical (unpaired) electrons. The van der Waals surface area contributed by atoms with Gasteiger partial charge >= 0.3 is 5.69 Å². The molecule has 1 aromatic heterocycles. The van der Waals surface area contributed by atoms with Crippen molar-refractivity contribution in [3.8, 4) is 0 Å². The van der Waals surface area contributed by atoms with Crippen molar-refractivity contribution in [2.75, 3.05) is 16.1 Å². The quantitative estimate of drug-likeness (QED) is 0.0551. The van der Waals surface area contributed by atoms with Gasteiger partial charge in [0, 0.05) is 69.2 Å². The Morgan fingerprint density at radius 1 is 0.567 bits per heavy atom. The van der Waals surface area contributed by atoms with Crippen LogP contribution in [0.2, 0.25) is 0 Å². The lowest BCUT2D eigenvalue weighted by Crippen LogP contribution is -2.62. The van der Waals surface area contributed by atoms with E-state index in [4.69, 9.17) is 0 Å². The maximum atomic E-state index is 13.9. The number of benzene rings is 3. The van der Waals surface area contributed by atoms with Crippen LogP contribution in [0.3, 0.4) is 0 Å². The highest BCUT2D eigenvalue weighted by molar-refractivity contribution is 6.67. The van der Waals surface area contributed by atoms with E-state index in [0.29, 0.717) is 48.1 Å². The number of imidazole rings is 1. The van der Waals surface area contributed by atoms with Gasteiger partial charge in [-0.1, -0.05) is 0 Å². The first kappa shape index (κ1) is 43.4. The van der Waals surface area contributed by atoms with Crippen LogP contribution in [-0.4, -0.2) is 79.3 Å². The minimum absolute atomic E-state index is 0.122. The third kappa shape index (κ3) is 11.1. The van der Waals surface area contributed by atoms with Crippen LogP contribution in [0.1, 0.15) is 119 Å². The number of aromatic amines is 2. The molecule has 2 saturated heterocycles. The van der Waals surface area contributed by atoms with Gasteiger partial charge in [0.2, 0.25) is 0 Å². The van der Waals surface area contributed by atoms with E-state index >= 15 is 0 Å². The number of piperidine rings is 2. The molecule has 16 nitrogen and oxygen atoms in total. The lowest BCUT2D eigenvalue weighted by atomic mass is 9.79. The highest BCUT2D eigenvalue weighted by Crippen LogP contribution is 2.31. The first-order valence-corrected chi connectivity index (χ1v) is 20.1. The van der Waals surface area contributed by atoms with Crippen molar-refractivity contribution in [2.45, 2.75) is 122 Å². The molecule has 0 atom stereocenters. The summed E-state index contributed by atoms with van der Waals surface area (Å²) in [5.74, 6) is -2.56. The summed E-state index contributed by atoms with van der Waals surface area (Å²) in [6.45, 7) is 18.0. The number of nitrogens with one attached hydrogen (secondary N) is 9. The molecule has 0 unspecified atom stereocenters. The Kier molecular flexibility index (Phi) is 11.9. The zero-order chi connectivity index (χ0) is 43.8. The third-order valence-corrected chi connectivity index (χ3v) is 10.5. The Labute approximate surface area is 348 Å². The van der Waals surface area contributed by atoms with Gasteiger partial charge in [-0.15, -0.1) is 0 Å². The van der Waals surface area contributed by atoms with E-state index in [-0.39, 0.29) is 68.4 Å². The van der Waals surface area contributed by atoms with E-state index in [2.05, 4.69) is 108 Å². The molecule has 16 heteroatoms. The SMILES string of the molecule is CC(=O)/C(=N/Nc1ccc(C(=O)Nc2cc(C(=O)NC3CC(C)(C)NC(C)(C)C3)cc(C(=O)NC3CC(C)(C)NC(C)(C)C3)c2)cc1)C(=O)Nc1ccc2[nH]c(=O)[nH]c2c1. The normalized spacial score (nSPS) is 18.6. The number of aromatic nitrogens is 2. The second kappa shape index (κ2) is 16.5. The van der Waals surface area contributed by atoms with Crippen LogP contribution in [0.15, 0.2) is 70.6 Å². The molecular weight excluding hydrogens is 765 g/mol. The second-order valence-electron chi connectivity index (χ2n) is 18.7. The summed E-state index contributed by atoms with van der Waals surface area (Å²) in [6.07, 6.45) is 2.84. The van der Waals surface area contributed by atoms with Gasteiger partial charge in [-0.3, -0.25) is 29.4 Å². The Bertz CT molecular complexity index is 2320. The molecule has 0 spiro atoms. The van der Waals surface area contributed by atoms with Crippen molar-refractivity contribution >= 4 is 63.2 Å². The van der Waals surface area contributed by atoms with E-state index < -0.39 is 29.0 Å². The van der Waals surface area contributed by atoms with Crippen LogP contribution in [0.5, 0.6) is 0 Å². The molecule has 6 rings (SSSR count). The molecule has 2 aliphatic rings. The smallest absolute Gasteiger partial charge is 0.323 e. The van der Waals surface area contributed by atoms with Gasteiger partial charge < -0.3 is 41.9 Å². The Morgan fingerprint density at radius 2 is 1.05 bits per heavy atom. The van der Waals surface area contributed by atoms with Crippen molar-refractivity contribution in [3.63, 3.8) is 0 Å². The number of hydrazone groups is 1. The number of Topliss-reactive ketones (excluding diaryl/α,β-unsaturated/α-hetero) is 1. The van der Waals surface area contributed by atoms with Crippen LogP contribution in [0.25, 0.3) is 11.0 Å². The number of ketones is 1. The van der Waals surface area contributed by atoms with Gasteiger partial charge in [-0.05, 0) is 142 Å². The van der Waals surface area contributed by atoms with E-state index in [1.165, 1.54) is 19.1 Å². The second-order valence-corrected chi connectivity index (χ2v) is 18.7. The zero-order valence-corrected chi connectivity index (χ0v) is 35.7. The molecule has 0 bridgehead atoms. The average molecular weight is 821 g/mol. The number of amides is 4. The number of rotatable bonds is 11. The third-order valence-electron chi connectivity index (χ3n) is 10.5. The Balaban J connectivity index is 1.18. The summed E-state index contributed by atoms with van der Waals surface area (Å²) in [5, 5.41) is 23.1. The van der Waals surface area contributed by atoms with Crippen LogP contribution in [-0.2, 0) is 9.59 Å². The molecule has 0 aliphatic carbocycles. The van der Waals surface area contributed by atoms with Crippen molar-refractivity contribution in [1.29, 1.82) is 0 Å². The predicted molar refractivity (Wildman–Crippen MR) is 234 cm³/mol. The topological polar surface area (TPSA) is 231 Å². The highest BCUT2D eigenvalue weighted by Gasteiger charge is 2.40. The molecule has 60 heavy (non-hydrogen) atoms. The molecule has 4 amide bonds. The zero-order valence-electron chi connectivity index (χ0n) is 35.7. The molecule has 3 aromatic carbocycles. The van der Waals surface area contributed by atoms with E-state index in [1.54, 1.807) is 48.5 Å². The molecule has 4 aromatic rings. The number of hydrogen-bond acceptors (Lipinski definition) is 10. The van der Waals surface area contributed by atoms with Gasteiger partial charge in [-0.2, -0.15) is 5.10 Å². The summed E-state index contributed by atoms with van der Waals surface area (Å²) in [7, 11) is 0. The number of carbonyl (C=O) groups is 5. The van der Waals surface area contributed by atoms with Crippen molar-refractivity contribution in [3.05, 3.63) is 87.8 Å². The summed E-state index contributed by atoms with van der Waals surface area (Å²) in [5.41, 5.74) is 3.84. The summed E-state index contributed by atoms with van der Waals surface area (Å²) < 4.78 is 0. The molecule has 3 heterocycles. The molecular formula is C44H56N10O6. The minimum atomic E-state index is -0.765. The number of anilines is 3. The summed E-state index contributed by atoms with van der Waals surface area (Å²) in [4.78, 5) is 83.6. The average Bonchev–Trinajstić information content (AvgIpc) is 3.48. The van der Waals surface area contributed by atoms with Crippen LogP contribution < -0.4 is 43.0 Å². The maximum Gasteiger partial charge on any atom is 0.323 e. The summed E-state index contributed by atoms with van der Waals surface area (Å²) >= 11 is 0. The van der Waals surface area contributed by atoms with Crippen LogP contribution in [0.4, 0.5) is 17.1 Å². The van der Waals surface area contributed by atoms with E-state index in [9.17, 15) is 28.8 Å². The Morgan fingerprint density at radius 3 is 1.55 bits per heavy atom. The van der Waals surface area contributed by atoms with Gasteiger partial charge in [-0.25, -0.2) is 4.79 Å². The number of fused-ring (bicyclic) bond motifs is 1. The van der Waals surface area contributed by atoms with Crippen LogP contribution in [0, 0.1) is 0 Å². The van der Waals surface area contributed by atoms with E-state index in [1.807, 2.05) is 0 Å². The fourth-order valence-corrected chi connectivity index (χ4v) is 8.96. The number of carbonyl (C=O) groups excluding carboxylic acids is 5.